The van der Waals surface area contributed by atoms with Crippen LogP contribution in [0.1, 0.15) is 6.42 Å². The van der Waals surface area contributed by atoms with Gasteiger partial charge < -0.3 is 10.5 Å². The normalized spacial score (nSPS) is 20.4. The first-order chi connectivity index (χ1) is 6.84. The van der Waals surface area contributed by atoms with E-state index in [2.05, 4.69) is 4.98 Å². The number of pyridine rings is 1. The van der Waals surface area contributed by atoms with Crippen molar-refractivity contribution in [3.05, 3.63) is 48.5 Å². The molecule has 1 atom stereocenters. The Morgan fingerprint density at radius 3 is 3.07 bits per heavy atom. The molecule has 1 heterocycles. The number of allylic oxidation sites excluding steroid dienone is 1. The molecule has 0 saturated heterocycles. The van der Waals surface area contributed by atoms with Crippen molar-refractivity contribution >= 4 is 0 Å². The van der Waals surface area contributed by atoms with Crippen LogP contribution in [0.4, 0.5) is 0 Å². The van der Waals surface area contributed by atoms with Gasteiger partial charge in [0, 0.05) is 12.2 Å². The third-order valence-electron chi connectivity index (χ3n) is 1.97. The van der Waals surface area contributed by atoms with Gasteiger partial charge in [0.05, 0.1) is 6.20 Å². The zero-order valence-electron chi connectivity index (χ0n) is 7.76. The Morgan fingerprint density at radius 2 is 2.43 bits per heavy atom. The molecule has 3 nitrogen and oxygen atoms in total. The first-order valence-electron chi connectivity index (χ1n) is 4.56. The van der Waals surface area contributed by atoms with Crippen molar-refractivity contribution in [3.63, 3.8) is 0 Å². The van der Waals surface area contributed by atoms with Crippen molar-refractivity contribution in [2.45, 2.75) is 12.5 Å². The minimum absolute atomic E-state index is 0.122. The van der Waals surface area contributed by atoms with Crippen LogP contribution in [0, 0.1) is 0 Å². The van der Waals surface area contributed by atoms with E-state index < -0.39 is 0 Å². The van der Waals surface area contributed by atoms with E-state index in [4.69, 9.17) is 10.5 Å². The van der Waals surface area contributed by atoms with Crippen molar-refractivity contribution in [2.24, 2.45) is 5.73 Å². The molecule has 0 amide bonds. The van der Waals surface area contributed by atoms with Gasteiger partial charge in [0.15, 0.2) is 0 Å². The second-order valence-corrected chi connectivity index (χ2v) is 3.16. The summed E-state index contributed by atoms with van der Waals surface area (Å²) in [5.74, 6) is 1.58. The molecule has 3 heteroatoms. The minimum atomic E-state index is 0.122. The highest BCUT2D eigenvalue weighted by Gasteiger charge is 2.04. The molecule has 2 rings (SSSR count). The molecule has 1 unspecified atom stereocenters. The highest BCUT2D eigenvalue weighted by atomic mass is 16.5. The van der Waals surface area contributed by atoms with E-state index >= 15 is 0 Å². The molecule has 0 fully saturated rings. The molecule has 72 valence electrons. The number of aromatic nitrogens is 1. The molecule has 0 radical (unpaired) electrons. The molecule has 0 aliphatic heterocycles. The summed E-state index contributed by atoms with van der Waals surface area (Å²) in [4.78, 5) is 3.96. The molecule has 1 aliphatic carbocycles. The predicted octanol–water partition coefficient (Wildman–Crippen LogP) is 1.63. The average molecular weight is 188 g/mol. The van der Waals surface area contributed by atoms with E-state index in [1.165, 1.54) is 0 Å². The summed E-state index contributed by atoms with van der Waals surface area (Å²) >= 11 is 0. The van der Waals surface area contributed by atoms with E-state index in [-0.39, 0.29) is 6.04 Å². The molecular weight excluding hydrogens is 176 g/mol. The summed E-state index contributed by atoms with van der Waals surface area (Å²) < 4.78 is 5.56. The van der Waals surface area contributed by atoms with Crippen LogP contribution in [-0.2, 0) is 0 Å². The Hall–Kier alpha value is -1.61. The van der Waals surface area contributed by atoms with E-state index in [0.29, 0.717) is 0 Å². The van der Waals surface area contributed by atoms with Gasteiger partial charge in [-0.1, -0.05) is 6.08 Å². The van der Waals surface area contributed by atoms with Crippen LogP contribution in [0.3, 0.4) is 0 Å². The molecule has 1 aromatic rings. The molecule has 0 aromatic carbocycles. The van der Waals surface area contributed by atoms with Gasteiger partial charge in [0.25, 0.3) is 0 Å². The second kappa shape index (κ2) is 4.07. The SMILES string of the molecule is NC1C=CC(Oc2cccnc2)=CC1. The molecule has 14 heavy (non-hydrogen) atoms. The van der Waals surface area contributed by atoms with Gasteiger partial charge in [-0.2, -0.15) is 0 Å². The minimum Gasteiger partial charge on any atom is -0.456 e. The number of hydrogen-bond acceptors (Lipinski definition) is 3. The monoisotopic (exact) mass is 188 g/mol. The molecule has 0 spiro atoms. The van der Waals surface area contributed by atoms with Crippen LogP contribution in [0.25, 0.3) is 0 Å². The van der Waals surface area contributed by atoms with E-state index in [9.17, 15) is 0 Å². The number of hydrogen-bond donors (Lipinski definition) is 1. The third kappa shape index (κ3) is 2.20. The topological polar surface area (TPSA) is 48.1 Å². The Bertz CT molecular complexity index is 357. The first kappa shape index (κ1) is 8.97. The van der Waals surface area contributed by atoms with E-state index in [1.807, 2.05) is 30.4 Å². The number of ether oxygens (including phenoxy) is 1. The lowest BCUT2D eigenvalue weighted by molar-refractivity contribution is 0.435. The number of nitrogens with two attached hydrogens (primary N) is 1. The summed E-state index contributed by atoms with van der Waals surface area (Å²) in [6.45, 7) is 0. The average Bonchev–Trinajstić information content (AvgIpc) is 2.23. The summed E-state index contributed by atoms with van der Waals surface area (Å²) in [6.07, 6.45) is 10.0. The van der Waals surface area contributed by atoms with Gasteiger partial charge in [-0.05, 0) is 30.7 Å². The Labute approximate surface area is 82.9 Å². The van der Waals surface area contributed by atoms with Crippen LogP contribution in [0.2, 0.25) is 0 Å². The molecule has 0 bridgehead atoms. The molecule has 1 aliphatic rings. The van der Waals surface area contributed by atoms with E-state index in [1.54, 1.807) is 12.4 Å². The lowest BCUT2D eigenvalue weighted by Gasteiger charge is -2.12. The van der Waals surface area contributed by atoms with Gasteiger partial charge in [-0.15, -0.1) is 0 Å². The van der Waals surface area contributed by atoms with Gasteiger partial charge in [0.1, 0.15) is 11.5 Å². The lowest BCUT2D eigenvalue weighted by Crippen LogP contribution is -2.18. The van der Waals surface area contributed by atoms with Crippen LogP contribution in [0.5, 0.6) is 5.75 Å². The smallest absolute Gasteiger partial charge is 0.145 e. The summed E-state index contributed by atoms with van der Waals surface area (Å²) in [7, 11) is 0. The van der Waals surface area contributed by atoms with Crippen molar-refractivity contribution < 1.29 is 4.74 Å². The maximum Gasteiger partial charge on any atom is 0.145 e. The van der Waals surface area contributed by atoms with Crippen molar-refractivity contribution in [1.82, 2.24) is 4.98 Å². The van der Waals surface area contributed by atoms with E-state index in [0.717, 1.165) is 17.9 Å². The van der Waals surface area contributed by atoms with Crippen molar-refractivity contribution in [3.8, 4) is 5.75 Å². The maximum atomic E-state index is 5.69. The number of rotatable bonds is 2. The molecule has 2 N–H and O–H groups in total. The standard InChI is InChI=1S/C11H12N2O/c12-9-3-5-10(6-4-9)14-11-2-1-7-13-8-11/h1-3,5-9H,4,12H2. The maximum absolute atomic E-state index is 5.69. The fourth-order valence-corrected chi connectivity index (χ4v) is 1.24. The lowest BCUT2D eigenvalue weighted by atomic mass is 10.1. The Balaban J connectivity index is 2.03. The fourth-order valence-electron chi connectivity index (χ4n) is 1.24. The van der Waals surface area contributed by atoms with Crippen molar-refractivity contribution in [1.29, 1.82) is 0 Å². The number of nitrogens with zero attached hydrogens (tertiary/aromatic N) is 1. The Kier molecular flexibility index (Phi) is 2.60. The van der Waals surface area contributed by atoms with Gasteiger partial charge >= 0.3 is 0 Å². The third-order valence-corrected chi connectivity index (χ3v) is 1.97. The van der Waals surface area contributed by atoms with Gasteiger partial charge in [-0.25, -0.2) is 0 Å². The fraction of sp³-hybridized carbons (Fsp3) is 0.182. The zero-order chi connectivity index (χ0) is 9.80. The van der Waals surface area contributed by atoms with Gasteiger partial charge in [-0.3, -0.25) is 4.98 Å². The van der Waals surface area contributed by atoms with Crippen LogP contribution in [-0.4, -0.2) is 11.0 Å². The summed E-state index contributed by atoms with van der Waals surface area (Å²) in [5, 5.41) is 0. The molecule has 0 saturated carbocycles. The van der Waals surface area contributed by atoms with Crippen LogP contribution >= 0.6 is 0 Å². The quantitative estimate of drug-likeness (QED) is 0.767. The zero-order valence-corrected chi connectivity index (χ0v) is 7.76. The first-order valence-corrected chi connectivity index (χ1v) is 4.56. The molecular formula is C11H12N2O. The second-order valence-electron chi connectivity index (χ2n) is 3.16. The van der Waals surface area contributed by atoms with Crippen LogP contribution < -0.4 is 10.5 Å². The largest absolute Gasteiger partial charge is 0.456 e. The summed E-state index contributed by atoms with van der Waals surface area (Å²) in [6, 6.07) is 3.83. The molecule has 1 aromatic heterocycles. The highest BCUT2D eigenvalue weighted by molar-refractivity contribution is 5.26. The van der Waals surface area contributed by atoms with Gasteiger partial charge in [0.2, 0.25) is 0 Å². The highest BCUT2D eigenvalue weighted by Crippen LogP contribution is 2.15. The van der Waals surface area contributed by atoms with Crippen molar-refractivity contribution in [2.75, 3.05) is 0 Å². The Morgan fingerprint density at radius 1 is 1.50 bits per heavy atom. The van der Waals surface area contributed by atoms with Crippen LogP contribution in [0.15, 0.2) is 48.5 Å². The summed E-state index contributed by atoms with van der Waals surface area (Å²) in [5.41, 5.74) is 5.69. The predicted molar refractivity (Wildman–Crippen MR) is 54.7 cm³/mol.